The number of nitrogens with zero attached hydrogens (tertiary/aromatic N) is 7. The Morgan fingerprint density at radius 1 is 1.19 bits per heavy atom. The summed E-state index contributed by atoms with van der Waals surface area (Å²) in [6.07, 6.45) is 7.31. The van der Waals surface area contributed by atoms with Crippen LogP contribution in [-0.2, 0) is 30.0 Å². The summed E-state index contributed by atoms with van der Waals surface area (Å²) in [7, 11) is -1.16. The van der Waals surface area contributed by atoms with Crippen LogP contribution >= 0.6 is 0 Å². The second-order valence-electron chi connectivity index (χ2n) is 10.3. The second-order valence-corrected chi connectivity index (χ2v) is 12.6. The highest BCUT2D eigenvalue weighted by molar-refractivity contribution is 7.90. The molecule has 4 aromatic heterocycles. The summed E-state index contributed by atoms with van der Waals surface area (Å²) in [5.41, 5.74) is 3.82. The molecule has 0 spiro atoms. The van der Waals surface area contributed by atoms with E-state index in [0.29, 0.717) is 41.5 Å². The number of hydrogen-bond donors (Lipinski definition) is 1. The molecule has 12 heteroatoms. The Morgan fingerprint density at radius 2 is 1.89 bits per heavy atom. The third-order valence-electron chi connectivity index (χ3n) is 7.25. The maximum Gasteiger partial charge on any atom is 0.271 e. The number of amides is 1. The van der Waals surface area contributed by atoms with Crippen LogP contribution in [-0.4, -0.2) is 72.2 Å². The molecule has 0 aliphatic heterocycles. The van der Waals surface area contributed by atoms with Gasteiger partial charge in [0.25, 0.3) is 5.91 Å². The van der Waals surface area contributed by atoms with Crippen molar-refractivity contribution in [2.24, 2.45) is 7.05 Å². The predicted molar refractivity (Wildman–Crippen MR) is 142 cm³/mol. The zero-order valence-electron chi connectivity index (χ0n) is 21.6. The van der Waals surface area contributed by atoms with Crippen LogP contribution in [0.25, 0.3) is 22.1 Å². The first-order valence-corrected chi connectivity index (χ1v) is 14.9. The normalized spacial score (nSPS) is 16.1. The Kier molecular flexibility index (Phi) is 5.55. The van der Waals surface area contributed by atoms with Gasteiger partial charge in [0.15, 0.2) is 11.6 Å². The van der Waals surface area contributed by atoms with Crippen LogP contribution in [0.4, 0.5) is 11.6 Å². The van der Waals surface area contributed by atoms with Crippen molar-refractivity contribution in [3.8, 4) is 0 Å². The maximum atomic E-state index is 13.7. The van der Waals surface area contributed by atoms with Gasteiger partial charge in [0, 0.05) is 49.1 Å². The highest BCUT2D eigenvalue weighted by Crippen LogP contribution is 2.39. The summed E-state index contributed by atoms with van der Waals surface area (Å²) in [4.78, 5) is 25.4. The van der Waals surface area contributed by atoms with Gasteiger partial charge in [-0.2, -0.15) is 5.10 Å². The number of pyridine rings is 1. The Labute approximate surface area is 215 Å². The third kappa shape index (κ3) is 4.36. The number of sulfone groups is 1. The van der Waals surface area contributed by atoms with Gasteiger partial charge < -0.3 is 19.4 Å². The first-order chi connectivity index (χ1) is 17.6. The topological polar surface area (TPSA) is 120 Å². The van der Waals surface area contributed by atoms with E-state index in [1.165, 1.54) is 6.26 Å². The highest BCUT2D eigenvalue weighted by atomic mass is 32.2. The molecule has 4 heterocycles. The van der Waals surface area contributed by atoms with Crippen molar-refractivity contribution in [3.05, 3.63) is 29.8 Å². The van der Waals surface area contributed by atoms with E-state index in [-0.39, 0.29) is 18.2 Å². The number of aromatic nitrogens is 6. The minimum atomic E-state index is -3.10. The molecule has 1 amide bonds. The molecule has 11 nitrogen and oxygen atoms in total. The molecule has 2 fully saturated rings. The molecule has 37 heavy (non-hydrogen) atoms. The largest absolute Gasteiger partial charge is 0.333 e. The minimum Gasteiger partial charge on any atom is -0.333 e. The Bertz CT molecular complexity index is 1630. The average Bonchev–Trinajstić information content (AvgIpc) is 3.75. The van der Waals surface area contributed by atoms with Crippen molar-refractivity contribution in [2.45, 2.75) is 64.7 Å². The molecule has 6 rings (SSSR count). The summed E-state index contributed by atoms with van der Waals surface area (Å²) in [5, 5.41) is 8.75. The SMILES string of the molecule is CCn1c(C(=O)N(C2CC2)C2CC2)cc2c3c(ncn3C)c(Nc3cc(C)n(CCS(C)(=O)=O)n3)nc21. The number of imidazole rings is 1. The molecular weight excluding hydrogens is 492 g/mol. The molecule has 0 aromatic carbocycles. The van der Waals surface area contributed by atoms with Gasteiger partial charge in [0.1, 0.15) is 26.7 Å². The maximum absolute atomic E-state index is 13.7. The van der Waals surface area contributed by atoms with Crippen LogP contribution in [0.1, 0.15) is 48.8 Å². The number of aryl methyl sites for hydroxylation is 4. The fourth-order valence-electron chi connectivity index (χ4n) is 5.14. The van der Waals surface area contributed by atoms with E-state index in [4.69, 9.17) is 4.98 Å². The van der Waals surface area contributed by atoms with E-state index in [2.05, 4.69) is 20.3 Å². The molecule has 1 N–H and O–H groups in total. The number of carbonyl (C=O) groups excluding carboxylic acids is 1. The number of fused-ring (bicyclic) bond motifs is 3. The molecule has 0 atom stereocenters. The fraction of sp³-hybridized carbons (Fsp3) is 0.520. The van der Waals surface area contributed by atoms with Crippen molar-refractivity contribution >= 4 is 49.4 Å². The van der Waals surface area contributed by atoms with Gasteiger partial charge in [0.05, 0.1) is 24.1 Å². The molecule has 0 unspecified atom stereocenters. The predicted octanol–water partition coefficient (Wildman–Crippen LogP) is 3.00. The minimum absolute atomic E-state index is 0.0171. The molecule has 4 aromatic rings. The summed E-state index contributed by atoms with van der Waals surface area (Å²) < 4.78 is 28.9. The lowest BCUT2D eigenvalue weighted by molar-refractivity contribution is 0.0719. The molecule has 0 radical (unpaired) electrons. The summed E-state index contributed by atoms with van der Waals surface area (Å²) >= 11 is 0. The van der Waals surface area contributed by atoms with Crippen molar-refractivity contribution in [2.75, 3.05) is 17.3 Å². The van der Waals surface area contributed by atoms with Crippen LogP contribution in [0.15, 0.2) is 18.5 Å². The van der Waals surface area contributed by atoms with E-state index in [1.54, 1.807) is 11.0 Å². The van der Waals surface area contributed by atoms with Gasteiger partial charge in [-0.25, -0.2) is 18.4 Å². The number of nitrogens with one attached hydrogen (secondary N) is 1. The lowest BCUT2D eigenvalue weighted by Gasteiger charge is -2.22. The number of rotatable bonds is 9. The van der Waals surface area contributed by atoms with Crippen molar-refractivity contribution < 1.29 is 13.2 Å². The average molecular weight is 525 g/mol. The molecule has 196 valence electrons. The van der Waals surface area contributed by atoms with E-state index < -0.39 is 9.84 Å². The monoisotopic (exact) mass is 524 g/mol. The summed E-state index contributed by atoms with van der Waals surface area (Å²) in [6, 6.07) is 4.57. The summed E-state index contributed by atoms with van der Waals surface area (Å²) in [6.45, 7) is 4.81. The first kappa shape index (κ1) is 24.0. The molecule has 2 saturated carbocycles. The van der Waals surface area contributed by atoms with Crippen LogP contribution in [0, 0.1) is 6.92 Å². The fourth-order valence-corrected chi connectivity index (χ4v) is 5.64. The van der Waals surface area contributed by atoms with Gasteiger partial charge in [-0.15, -0.1) is 0 Å². The second kappa shape index (κ2) is 8.57. The van der Waals surface area contributed by atoms with E-state index >= 15 is 0 Å². The molecule has 0 bridgehead atoms. The first-order valence-electron chi connectivity index (χ1n) is 12.8. The third-order valence-corrected chi connectivity index (χ3v) is 8.18. The number of hydrogen-bond acceptors (Lipinski definition) is 7. The van der Waals surface area contributed by atoms with Crippen molar-refractivity contribution in [1.29, 1.82) is 0 Å². The number of anilines is 2. The van der Waals surface area contributed by atoms with Crippen molar-refractivity contribution in [3.63, 3.8) is 0 Å². The quantitative estimate of drug-likeness (QED) is 0.357. The van der Waals surface area contributed by atoms with E-state index in [9.17, 15) is 13.2 Å². The Hall–Kier alpha value is -3.41. The van der Waals surface area contributed by atoms with Crippen LogP contribution in [0.2, 0.25) is 0 Å². The van der Waals surface area contributed by atoms with Crippen molar-refractivity contribution in [1.82, 2.24) is 33.8 Å². The highest BCUT2D eigenvalue weighted by Gasteiger charge is 2.43. The zero-order chi connectivity index (χ0) is 26.1. The summed E-state index contributed by atoms with van der Waals surface area (Å²) in [5.74, 6) is 1.21. The van der Waals surface area contributed by atoms with Gasteiger partial charge in [-0.05, 0) is 45.6 Å². The van der Waals surface area contributed by atoms with Crippen LogP contribution in [0.5, 0.6) is 0 Å². The Morgan fingerprint density at radius 3 is 2.51 bits per heavy atom. The standard InChI is InChI=1S/C25H32N8O3S/c1-5-31-19(25(34)33(16-6-7-16)17-8-9-17)13-18-22-21(26-14-30(22)3)23(28-24(18)31)27-20-12-15(2)32(29-20)10-11-37(4,35)36/h12-14,16-17H,5-11H2,1-4H3,(H,27,28,29). The van der Waals surface area contributed by atoms with E-state index in [0.717, 1.165) is 47.9 Å². The van der Waals surface area contributed by atoms with Gasteiger partial charge in [0.2, 0.25) is 0 Å². The molecule has 2 aliphatic carbocycles. The van der Waals surface area contributed by atoms with Crippen LogP contribution < -0.4 is 5.32 Å². The van der Waals surface area contributed by atoms with E-state index in [1.807, 2.05) is 42.2 Å². The molecule has 2 aliphatic rings. The lowest BCUT2D eigenvalue weighted by Crippen LogP contribution is -2.36. The number of carbonyl (C=O) groups is 1. The van der Waals surface area contributed by atoms with Crippen LogP contribution in [0.3, 0.4) is 0 Å². The Balaban J connectivity index is 1.42. The van der Waals surface area contributed by atoms with Gasteiger partial charge in [-0.1, -0.05) is 0 Å². The zero-order valence-corrected chi connectivity index (χ0v) is 22.4. The van der Waals surface area contributed by atoms with Gasteiger partial charge in [-0.3, -0.25) is 9.48 Å². The van der Waals surface area contributed by atoms with Gasteiger partial charge >= 0.3 is 0 Å². The smallest absolute Gasteiger partial charge is 0.271 e. The molecule has 0 saturated heterocycles. The lowest BCUT2D eigenvalue weighted by atomic mass is 10.2. The molecular formula is C25H32N8O3S.